The topological polar surface area (TPSA) is 107 Å². The predicted octanol–water partition coefficient (Wildman–Crippen LogP) is 3.30. The predicted molar refractivity (Wildman–Crippen MR) is 100 cm³/mol. The molecule has 0 aliphatic rings. The first kappa shape index (κ1) is 20.4. The molecule has 0 radical (unpaired) electrons. The summed E-state index contributed by atoms with van der Waals surface area (Å²) in [5, 5.41) is 11.2. The molecule has 0 aromatic heterocycles. The summed E-state index contributed by atoms with van der Waals surface area (Å²) in [6.45, 7) is 4.97. The van der Waals surface area contributed by atoms with Crippen molar-refractivity contribution in [1.82, 2.24) is 0 Å². The average molecular weight is 392 g/mol. The molecule has 0 N–H and O–H groups in total. The molecule has 0 saturated carbocycles. The number of hydrogen-bond acceptors (Lipinski definition) is 6. The van der Waals surface area contributed by atoms with E-state index in [1.807, 2.05) is 0 Å². The van der Waals surface area contributed by atoms with Crippen molar-refractivity contribution in [3.8, 4) is 0 Å². The van der Waals surface area contributed by atoms with E-state index >= 15 is 0 Å². The van der Waals surface area contributed by atoms with E-state index < -0.39 is 20.9 Å². The van der Waals surface area contributed by atoms with Gasteiger partial charge in [0.25, 0.3) is 15.7 Å². The van der Waals surface area contributed by atoms with E-state index in [1.165, 1.54) is 31.2 Å². The maximum Gasteiger partial charge on any atom is 0.340 e. The molecular formula is C18H20N2O6S. The van der Waals surface area contributed by atoms with Gasteiger partial charge in [0.15, 0.2) is 0 Å². The largest absolute Gasteiger partial charge is 0.462 e. The Labute approximate surface area is 157 Å². The van der Waals surface area contributed by atoms with Gasteiger partial charge in [0.1, 0.15) is 0 Å². The zero-order chi connectivity index (χ0) is 20.2. The van der Waals surface area contributed by atoms with E-state index in [0.717, 1.165) is 10.4 Å². The molecule has 0 atom stereocenters. The highest BCUT2D eigenvalue weighted by atomic mass is 32.2. The number of rotatable bonds is 7. The van der Waals surface area contributed by atoms with Crippen LogP contribution >= 0.6 is 0 Å². The van der Waals surface area contributed by atoms with E-state index in [-0.39, 0.29) is 35.0 Å². The van der Waals surface area contributed by atoms with Crippen LogP contribution in [0.25, 0.3) is 0 Å². The first-order valence-electron chi connectivity index (χ1n) is 8.28. The van der Waals surface area contributed by atoms with E-state index in [9.17, 15) is 23.3 Å². The highest BCUT2D eigenvalue weighted by molar-refractivity contribution is 7.92. The molecule has 0 aliphatic heterocycles. The van der Waals surface area contributed by atoms with E-state index in [1.54, 1.807) is 26.0 Å². The van der Waals surface area contributed by atoms with Crippen LogP contribution in [0.1, 0.15) is 29.8 Å². The van der Waals surface area contributed by atoms with E-state index in [0.29, 0.717) is 5.56 Å². The Balaban J connectivity index is 2.60. The number of aryl methyl sites for hydroxylation is 1. The van der Waals surface area contributed by atoms with Crippen LogP contribution in [0.2, 0.25) is 0 Å². The average Bonchev–Trinajstić information content (AvgIpc) is 2.62. The van der Waals surface area contributed by atoms with Crippen LogP contribution in [0, 0.1) is 17.0 Å². The van der Waals surface area contributed by atoms with Gasteiger partial charge in [-0.1, -0.05) is 18.2 Å². The molecule has 0 saturated heterocycles. The van der Waals surface area contributed by atoms with Crippen molar-refractivity contribution < 1.29 is 22.9 Å². The molecule has 144 valence electrons. The van der Waals surface area contributed by atoms with Crippen molar-refractivity contribution in [3.05, 3.63) is 63.7 Å². The van der Waals surface area contributed by atoms with Crippen LogP contribution in [0.15, 0.2) is 47.4 Å². The number of anilines is 1. The minimum absolute atomic E-state index is 0.0282. The Kier molecular flexibility index (Phi) is 6.17. The molecule has 9 heteroatoms. The molecule has 0 fully saturated rings. The van der Waals surface area contributed by atoms with Gasteiger partial charge < -0.3 is 4.74 Å². The lowest BCUT2D eigenvalue weighted by atomic mass is 10.2. The number of hydrogen-bond donors (Lipinski definition) is 0. The van der Waals surface area contributed by atoms with Crippen LogP contribution in [0.5, 0.6) is 0 Å². The second kappa shape index (κ2) is 8.17. The van der Waals surface area contributed by atoms with Gasteiger partial charge in [-0.25, -0.2) is 13.2 Å². The standard InChI is InChI=1S/C18H20N2O6S/c1-4-19(16-9-7-6-8-15(16)18(21)26-5-2)27(24,25)14-11-10-13(3)17(12-14)20(22)23/h6-12H,4-5H2,1-3H3. The van der Waals surface area contributed by atoms with Crippen molar-refractivity contribution in [3.63, 3.8) is 0 Å². The van der Waals surface area contributed by atoms with Crippen molar-refractivity contribution in [2.24, 2.45) is 0 Å². The fourth-order valence-corrected chi connectivity index (χ4v) is 4.13. The van der Waals surface area contributed by atoms with Gasteiger partial charge in [0, 0.05) is 18.2 Å². The fraction of sp³-hybridized carbons (Fsp3) is 0.278. The van der Waals surface area contributed by atoms with Gasteiger partial charge in [0.05, 0.1) is 27.7 Å². The Morgan fingerprint density at radius 1 is 1.19 bits per heavy atom. The van der Waals surface area contributed by atoms with Crippen molar-refractivity contribution in [1.29, 1.82) is 0 Å². The number of nitrogens with zero attached hydrogens (tertiary/aromatic N) is 2. The number of nitro benzene ring substituents is 1. The Hall–Kier alpha value is -2.94. The number of sulfonamides is 1. The highest BCUT2D eigenvalue weighted by Gasteiger charge is 2.29. The zero-order valence-corrected chi connectivity index (χ0v) is 16.0. The molecule has 0 aliphatic carbocycles. The normalized spacial score (nSPS) is 11.1. The smallest absolute Gasteiger partial charge is 0.340 e. The van der Waals surface area contributed by atoms with Gasteiger partial charge in [-0.3, -0.25) is 14.4 Å². The van der Waals surface area contributed by atoms with Crippen molar-refractivity contribution in [2.45, 2.75) is 25.7 Å². The summed E-state index contributed by atoms with van der Waals surface area (Å²) >= 11 is 0. The van der Waals surface area contributed by atoms with E-state index in [4.69, 9.17) is 4.74 Å². The summed E-state index contributed by atoms with van der Waals surface area (Å²) in [6.07, 6.45) is 0. The molecule has 0 unspecified atom stereocenters. The van der Waals surface area contributed by atoms with Gasteiger partial charge in [-0.05, 0) is 39.0 Å². The maximum atomic E-state index is 13.1. The van der Waals surface area contributed by atoms with Crippen LogP contribution in [0.4, 0.5) is 11.4 Å². The molecule has 0 heterocycles. The maximum absolute atomic E-state index is 13.1. The monoisotopic (exact) mass is 392 g/mol. The fourth-order valence-electron chi connectivity index (χ4n) is 2.62. The molecule has 27 heavy (non-hydrogen) atoms. The van der Waals surface area contributed by atoms with E-state index in [2.05, 4.69) is 0 Å². The van der Waals surface area contributed by atoms with Crippen LogP contribution in [-0.2, 0) is 14.8 Å². The SMILES string of the molecule is CCOC(=O)c1ccccc1N(CC)S(=O)(=O)c1ccc(C)c([N+](=O)[O-])c1. The third kappa shape index (κ3) is 4.08. The Morgan fingerprint density at radius 2 is 1.85 bits per heavy atom. The summed E-state index contributed by atoms with van der Waals surface area (Å²) in [5.41, 5.74) is 0.327. The molecular weight excluding hydrogens is 372 g/mol. The van der Waals surface area contributed by atoms with Crippen LogP contribution in [0.3, 0.4) is 0 Å². The lowest BCUT2D eigenvalue weighted by Gasteiger charge is -2.24. The lowest BCUT2D eigenvalue weighted by Crippen LogP contribution is -2.32. The number of benzene rings is 2. The summed E-state index contributed by atoms with van der Waals surface area (Å²) in [7, 11) is -4.13. The second-order valence-corrected chi connectivity index (χ2v) is 7.48. The number of carbonyl (C=O) groups is 1. The second-order valence-electron chi connectivity index (χ2n) is 5.61. The number of para-hydroxylation sites is 1. The molecule has 2 rings (SSSR count). The third-order valence-corrected chi connectivity index (χ3v) is 5.81. The highest BCUT2D eigenvalue weighted by Crippen LogP contribution is 2.30. The number of nitro groups is 1. The van der Waals surface area contributed by atoms with Gasteiger partial charge in [0.2, 0.25) is 0 Å². The Morgan fingerprint density at radius 3 is 2.44 bits per heavy atom. The van der Waals surface area contributed by atoms with Crippen LogP contribution < -0.4 is 4.31 Å². The van der Waals surface area contributed by atoms with Crippen LogP contribution in [-0.4, -0.2) is 32.5 Å². The molecule has 0 bridgehead atoms. The zero-order valence-electron chi connectivity index (χ0n) is 15.2. The summed E-state index contributed by atoms with van der Waals surface area (Å²) in [4.78, 5) is 22.5. The van der Waals surface area contributed by atoms with Gasteiger partial charge in [-0.2, -0.15) is 0 Å². The molecule has 8 nitrogen and oxygen atoms in total. The number of carbonyl (C=O) groups excluding carboxylic acids is 1. The summed E-state index contributed by atoms with van der Waals surface area (Å²) in [6, 6.07) is 9.91. The molecule has 2 aromatic rings. The summed E-state index contributed by atoms with van der Waals surface area (Å²) < 4.78 is 32.3. The first-order chi connectivity index (χ1) is 12.7. The minimum Gasteiger partial charge on any atom is -0.462 e. The number of ether oxygens (including phenoxy) is 1. The van der Waals surface area contributed by atoms with Gasteiger partial charge in [-0.15, -0.1) is 0 Å². The third-order valence-electron chi connectivity index (χ3n) is 3.92. The molecule has 0 amide bonds. The molecule has 0 spiro atoms. The minimum atomic E-state index is -4.13. The lowest BCUT2D eigenvalue weighted by molar-refractivity contribution is -0.385. The van der Waals surface area contributed by atoms with Gasteiger partial charge >= 0.3 is 5.97 Å². The number of esters is 1. The first-order valence-corrected chi connectivity index (χ1v) is 9.72. The Bertz CT molecular complexity index is 972. The molecule has 2 aromatic carbocycles. The van der Waals surface area contributed by atoms with Crippen molar-refractivity contribution >= 4 is 27.4 Å². The van der Waals surface area contributed by atoms with Crippen molar-refractivity contribution in [2.75, 3.05) is 17.5 Å². The quantitative estimate of drug-likeness (QED) is 0.406. The summed E-state index contributed by atoms with van der Waals surface area (Å²) in [5.74, 6) is -0.642.